The van der Waals surface area contributed by atoms with Crippen molar-refractivity contribution in [3.05, 3.63) is 324 Å². The zero-order valence-electron chi connectivity index (χ0n) is 81.6. The highest BCUT2D eigenvalue weighted by Crippen LogP contribution is 2.45. The molecule has 0 spiro atoms. The van der Waals surface area contributed by atoms with Gasteiger partial charge in [-0.25, -0.2) is 29.7 Å². The van der Waals surface area contributed by atoms with Crippen LogP contribution in [0.25, 0.3) is 55.0 Å². The standard InChI is InChI=1S/C19H19NO.C18H21N5.C17H22N4.C16H22N2O.2C16H17NO.C14H18N2/c1-19(2,3)15-10-8-13(9-11-15)16-12-14-6-4-5-7-17(14)20-18(16)21;1-12-4-6-14(7-5-12)15-10-16-17(21-11-15)22-13(2)23(16)18-19-8-3-9-20-18;1-12-4-6-14(7-5-12)15-10-16(13(2)20-11-15)21-17-18-8-3-9-19-17;1-11-3-6-14(7-4-11)18-10-13-9-12(2)5-8-15(13)17-16(18)19;2*1-11-6-8-12(9-7-11)14-10-13-4-2-3-5-15(13)17-16(14)18;1-10-3-5-12(6-4-10)14-7-13(8-15)11(2)16-9-14/h4-12H,1-3H3,(H,20,21);3,8-12,14H,2,4-7H2,1H3,(H,21,22);3,8-12,14H,4-7H2,1-2H3,(H,18,19,21);5,8-9,11,14H,3-4,6-7,10H2,1-2H3,(H,17,19);2*2-5,8,10-11H,6-7,9H2,1H3,(H,17,18);7,9-10,12H,3-6H2,1-2H3/t;;;;2*11-;/m....10./s1. The van der Waals surface area contributed by atoms with E-state index in [0.717, 1.165) is 176 Å². The normalized spacial score (nSPS) is 21.1. The third-order valence-corrected chi connectivity index (χ3v) is 28.9. The van der Waals surface area contributed by atoms with Crippen LogP contribution in [0.5, 0.6) is 0 Å². The lowest BCUT2D eigenvalue weighted by Crippen LogP contribution is -2.46. The highest BCUT2D eigenvalue weighted by molar-refractivity contribution is 5.93. The van der Waals surface area contributed by atoms with Crippen LogP contribution in [-0.2, 0) is 12.0 Å². The minimum Gasteiger partial charge on any atom is -0.325 e. The van der Waals surface area contributed by atoms with Gasteiger partial charge in [-0.1, -0.05) is 216 Å². The second-order valence-electron chi connectivity index (χ2n) is 40.6. The minimum absolute atomic E-state index is 0.0366. The van der Waals surface area contributed by atoms with E-state index in [1.54, 1.807) is 24.8 Å². The summed E-state index contributed by atoms with van der Waals surface area (Å²) < 4.78 is 0. The number of carbonyl (C=O) groups excluding carboxylic acids is 1. The number of nitrogens with zero attached hydrogens (tertiary/aromatic N) is 10. The first-order valence-electron chi connectivity index (χ1n) is 49.6. The molecule has 20 nitrogen and oxygen atoms in total. The topological polar surface area (TPSA) is 272 Å². The number of aryl methyl sites for hydroxylation is 3. The monoisotopic (exact) mass is 1820 g/mol. The van der Waals surface area contributed by atoms with Crippen LogP contribution in [0.1, 0.15) is 283 Å². The van der Waals surface area contributed by atoms with E-state index in [9.17, 15) is 19.2 Å². The molecule has 10 heterocycles. The number of benzene rings is 5. The van der Waals surface area contributed by atoms with E-state index in [1.807, 2.05) is 170 Å². The van der Waals surface area contributed by atoms with Gasteiger partial charge in [0.25, 0.3) is 16.7 Å². The Morgan fingerprint density at radius 1 is 0.449 bits per heavy atom. The van der Waals surface area contributed by atoms with Gasteiger partial charge in [-0.2, -0.15) is 5.26 Å². The van der Waals surface area contributed by atoms with Gasteiger partial charge in [-0.15, -0.1) is 0 Å². The van der Waals surface area contributed by atoms with Crippen molar-refractivity contribution in [2.45, 2.75) is 260 Å². The Morgan fingerprint density at radius 2 is 0.897 bits per heavy atom. The van der Waals surface area contributed by atoms with Crippen molar-refractivity contribution >= 4 is 84.7 Å². The number of urea groups is 1. The molecule has 20 heteroatoms. The smallest absolute Gasteiger partial charge is 0.322 e. The molecule has 0 bridgehead atoms. The van der Waals surface area contributed by atoms with Crippen LogP contribution in [0.3, 0.4) is 0 Å². The van der Waals surface area contributed by atoms with Gasteiger partial charge in [-0.3, -0.25) is 29.3 Å². The molecule has 2 aliphatic heterocycles. The highest BCUT2D eigenvalue weighted by Gasteiger charge is 2.34. The summed E-state index contributed by atoms with van der Waals surface area (Å²) >= 11 is 0. The number of carbonyl (C=O) groups is 1. The quantitative estimate of drug-likeness (QED) is 0.0743. The number of nitriles is 1. The molecule has 21 rings (SSSR count). The number of aromatic amines is 3. The fourth-order valence-corrected chi connectivity index (χ4v) is 20.0. The van der Waals surface area contributed by atoms with Gasteiger partial charge in [-0.05, 0) is 316 Å². The third-order valence-electron chi connectivity index (χ3n) is 28.9. The fourth-order valence-electron chi connectivity index (χ4n) is 20.0. The number of hydrogen-bond donors (Lipinski definition) is 6. The van der Waals surface area contributed by atoms with Crippen molar-refractivity contribution in [3.8, 4) is 17.2 Å². The van der Waals surface area contributed by atoms with Crippen LogP contribution >= 0.6 is 0 Å². The van der Waals surface area contributed by atoms with Crippen LogP contribution in [0.4, 0.5) is 39.6 Å². The Hall–Kier alpha value is -13.3. The fraction of sp³-hybridized carbons (Fsp3) is 0.397. The molecule has 704 valence electrons. The minimum atomic E-state index is -0.0443. The maximum absolute atomic E-state index is 12.3. The van der Waals surface area contributed by atoms with Crippen molar-refractivity contribution in [1.29, 1.82) is 5.26 Å². The first-order chi connectivity index (χ1) is 65.7. The van der Waals surface area contributed by atoms with E-state index in [0.29, 0.717) is 41.3 Å². The van der Waals surface area contributed by atoms with Gasteiger partial charge in [0.05, 0.1) is 28.3 Å². The van der Waals surface area contributed by atoms with Crippen molar-refractivity contribution in [2.75, 3.05) is 20.9 Å². The maximum Gasteiger partial charge on any atom is 0.322 e. The number of nitrogens with one attached hydrogen (secondary N) is 6. The summed E-state index contributed by atoms with van der Waals surface area (Å²) in [6, 6.07) is 57.1. The first kappa shape index (κ1) is 97.3. The molecule has 2 amide bonds. The van der Waals surface area contributed by atoms with Gasteiger partial charge < -0.3 is 35.8 Å². The van der Waals surface area contributed by atoms with Crippen LogP contribution in [-0.4, -0.2) is 66.8 Å². The van der Waals surface area contributed by atoms with E-state index in [2.05, 4.69) is 196 Å². The maximum atomic E-state index is 12.3. The van der Waals surface area contributed by atoms with Crippen LogP contribution in [0.2, 0.25) is 0 Å². The summed E-state index contributed by atoms with van der Waals surface area (Å²) in [5, 5.41) is 21.8. The van der Waals surface area contributed by atoms with E-state index in [4.69, 9.17) is 5.26 Å². The molecular formula is C116H136N16O4. The number of hydrogen-bond acceptors (Lipinski definition) is 15. The molecule has 13 aromatic rings. The molecule has 5 aromatic carbocycles. The van der Waals surface area contributed by atoms with E-state index < -0.39 is 0 Å². The van der Waals surface area contributed by atoms with Crippen molar-refractivity contribution in [1.82, 2.24) is 54.7 Å². The molecule has 4 saturated carbocycles. The second-order valence-corrected chi connectivity index (χ2v) is 40.6. The summed E-state index contributed by atoms with van der Waals surface area (Å²) in [4.78, 5) is 92.2. The first-order valence-corrected chi connectivity index (χ1v) is 49.6. The summed E-state index contributed by atoms with van der Waals surface area (Å²) in [5.41, 5.74) is 21.9. The average molecular weight is 1820 g/mol. The summed E-state index contributed by atoms with van der Waals surface area (Å²) in [5.74, 6) is 9.59. The Morgan fingerprint density at radius 3 is 1.38 bits per heavy atom. The SMILES string of the molecule is C=C1Nc2ncc(C3CCC(C)CC3)cc2N1c1ncccn1.CC(C)(C)c1ccc(-c2cc3ccccc3[nH]c2=O)cc1.C[C@@H]1CC=C(c2cc3ccccc3[nH]c2=O)CC1.C[C@H]1CC=C(c2cc3ccccc3[nH]c2=O)CC1.Cc1ccc2c(c1)CN(C1CCC(C)CC1)C(=O)N2.Cc1ncc(C2CCC(C)CC2)cc1C#N.Cc1ncc(C2CCC(C)CC2)cc1Nc1ncccn1. The summed E-state index contributed by atoms with van der Waals surface area (Å²) in [6.45, 7) is 31.3. The second kappa shape index (κ2) is 45.4. The molecule has 136 heavy (non-hydrogen) atoms. The lowest BCUT2D eigenvalue weighted by Gasteiger charge is -2.39. The number of para-hydroxylation sites is 3. The van der Waals surface area contributed by atoms with Gasteiger partial charge in [0.15, 0.2) is 5.82 Å². The van der Waals surface area contributed by atoms with Crippen LogP contribution in [0, 0.1) is 67.6 Å². The summed E-state index contributed by atoms with van der Waals surface area (Å²) in [6.07, 6.45) is 44.2. The molecule has 6 N–H and O–H groups in total. The van der Waals surface area contributed by atoms with Gasteiger partial charge in [0.2, 0.25) is 11.9 Å². The van der Waals surface area contributed by atoms with Crippen molar-refractivity contribution in [3.63, 3.8) is 0 Å². The zero-order valence-corrected chi connectivity index (χ0v) is 81.6. The van der Waals surface area contributed by atoms with E-state index in [1.165, 1.54) is 147 Å². The van der Waals surface area contributed by atoms with Crippen molar-refractivity contribution in [2.24, 2.45) is 35.5 Å². The number of amides is 2. The van der Waals surface area contributed by atoms with E-state index in [-0.39, 0.29) is 28.1 Å². The predicted molar refractivity (Wildman–Crippen MR) is 557 cm³/mol. The molecule has 4 fully saturated rings. The molecule has 8 aliphatic rings. The molecule has 0 saturated heterocycles. The van der Waals surface area contributed by atoms with Crippen LogP contribution < -0.4 is 37.5 Å². The zero-order chi connectivity index (χ0) is 95.5. The molecule has 0 radical (unpaired) electrons. The predicted octanol–water partition coefficient (Wildman–Crippen LogP) is 27.8. The molecule has 8 aromatic heterocycles. The number of pyridine rings is 6. The number of H-pyrrole nitrogens is 3. The number of rotatable bonds is 10. The average Bonchev–Trinajstić information content (AvgIpc) is 1.64. The lowest BCUT2D eigenvalue weighted by atomic mass is 9.79. The van der Waals surface area contributed by atoms with E-state index >= 15 is 0 Å². The lowest BCUT2D eigenvalue weighted by molar-refractivity contribution is 0.149. The number of aromatic nitrogens is 10. The largest absolute Gasteiger partial charge is 0.325 e. The Labute approximate surface area is 802 Å². The highest BCUT2D eigenvalue weighted by atomic mass is 16.2. The van der Waals surface area contributed by atoms with Crippen LogP contribution in [0.15, 0.2) is 246 Å². The molecule has 2 atom stereocenters. The molecule has 6 aliphatic carbocycles. The Bertz CT molecular complexity index is 6470. The Balaban J connectivity index is 0.000000121. The van der Waals surface area contributed by atoms with Crippen molar-refractivity contribution < 1.29 is 4.79 Å². The van der Waals surface area contributed by atoms with Gasteiger partial charge >= 0.3 is 6.03 Å². The number of anilines is 6. The number of fused-ring (bicyclic) bond motifs is 5. The Kier molecular flexibility index (Phi) is 32.5. The summed E-state index contributed by atoms with van der Waals surface area (Å²) in [7, 11) is 0. The third kappa shape index (κ3) is 25.3. The van der Waals surface area contributed by atoms with Gasteiger partial charge in [0, 0.05) is 94.9 Å². The van der Waals surface area contributed by atoms with Gasteiger partial charge in [0.1, 0.15) is 11.9 Å². The molecular weight excluding hydrogens is 1680 g/mol. The molecule has 0 unspecified atom stereocenters. The number of allylic oxidation sites excluding steroid dienone is 4.